The van der Waals surface area contributed by atoms with Crippen LogP contribution in [-0.2, 0) is 14.8 Å². The van der Waals surface area contributed by atoms with E-state index in [0.717, 1.165) is 0 Å². The third-order valence-electron chi connectivity index (χ3n) is 3.74. The molecular weight excluding hydrogens is 530 g/mol. The van der Waals surface area contributed by atoms with Gasteiger partial charge in [0, 0.05) is 39.3 Å². The molecule has 0 atom stereocenters. The zero-order valence-electron chi connectivity index (χ0n) is 16.8. The third kappa shape index (κ3) is 9.55. The molecule has 1 amide bonds. The van der Waals surface area contributed by atoms with Crippen LogP contribution in [0.1, 0.15) is 33.6 Å². The zero-order chi connectivity index (χ0) is 21.6. The van der Waals surface area contributed by atoms with Crippen LogP contribution in [0.25, 0.3) is 0 Å². The van der Waals surface area contributed by atoms with Crippen molar-refractivity contribution in [3.63, 3.8) is 0 Å². The van der Waals surface area contributed by atoms with Crippen molar-refractivity contribution in [2.75, 3.05) is 33.2 Å². The summed E-state index contributed by atoms with van der Waals surface area (Å²) in [6, 6.07) is -0.218. The highest BCUT2D eigenvalue weighted by Gasteiger charge is 2.50. The van der Waals surface area contributed by atoms with Crippen LogP contribution in [0.3, 0.4) is 0 Å². The predicted molar refractivity (Wildman–Crippen MR) is 114 cm³/mol. The minimum atomic E-state index is -5.29. The van der Waals surface area contributed by atoms with Gasteiger partial charge in [0.25, 0.3) is 0 Å². The number of alkyl halides is 3. The second kappa shape index (κ2) is 11.4. The SMILES string of the molecule is CN=C(NCCNC(=O)OC(C)(C)C)NC1CCN(S(=O)(=O)C(F)(F)F)CC1.I. The van der Waals surface area contributed by atoms with Gasteiger partial charge in [0.05, 0.1) is 0 Å². The number of hydrogen-bond donors (Lipinski definition) is 3. The smallest absolute Gasteiger partial charge is 0.444 e. The lowest BCUT2D eigenvalue weighted by atomic mass is 10.1. The van der Waals surface area contributed by atoms with Gasteiger partial charge in [-0.15, -0.1) is 24.0 Å². The summed E-state index contributed by atoms with van der Waals surface area (Å²) < 4.78 is 66.1. The van der Waals surface area contributed by atoms with E-state index < -0.39 is 27.2 Å². The van der Waals surface area contributed by atoms with Crippen molar-refractivity contribution in [3.05, 3.63) is 0 Å². The normalized spacial score (nSPS) is 17.3. The van der Waals surface area contributed by atoms with Gasteiger partial charge in [0.15, 0.2) is 5.96 Å². The van der Waals surface area contributed by atoms with Crippen molar-refractivity contribution >= 4 is 46.1 Å². The lowest BCUT2D eigenvalue weighted by molar-refractivity contribution is -0.0494. The first-order valence-electron chi connectivity index (χ1n) is 8.76. The van der Waals surface area contributed by atoms with Gasteiger partial charge in [-0.2, -0.15) is 17.5 Å². The van der Waals surface area contributed by atoms with Crippen molar-refractivity contribution < 1.29 is 31.1 Å². The van der Waals surface area contributed by atoms with E-state index in [-0.39, 0.29) is 62.5 Å². The molecule has 1 fully saturated rings. The number of carbonyl (C=O) groups is 1. The molecule has 172 valence electrons. The number of nitrogens with one attached hydrogen (secondary N) is 3. The maximum absolute atomic E-state index is 12.6. The van der Waals surface area contributed by atoms with E-state index in [1.807, 2.05) is 0 Å². The molecule has 0 saturated carbocycles. The number of alkyl carbamates (subject to hydrolysis) is 1. The molecule has 1 aliphatic rings. The number of ether oxygens (including phenoxy) is 1. The summed E-state index contributed by atoms with van der Waals surface area (Å²) in [6.07, 6.45) is -0.117. The Morgan fingerprint density at radius 3 is 2.10 bits per heavy atom. The summed E-state index contributed by atoms with van der Waals surface area (Å²) in [5, 5.41) is 8.56. The van der Waals surface area contributed by atoms with Crippen LogP contribution < -0.4 is 16.0 Å². The first-order chi connectivity index (χ1) is 12.8. The van der Waals surface area contributed by atoms with Gasteiger partial charge in [-0.05, 0) is 33.6 Å². The summed E-state index contributed by atoms with van der Waals surface area (Å²) in [6.45, 7) is 5.43. The number of piperidine rings is 1. The summed E-state index contributed by atoms with van der Waals surface area (Å²) >= 11 is 0. The van der Waals surface area contributed by atoms with E-state index in [4.69, 9.17) is 4.74 Å². The molecule has 29 heavy (non-hydrogen) atoms. The molecule has 0 spiro atoms. The van der Waals surface area contributed by atoms with E-state index >= 15 is 0 Å². The Labute approximate surface area is 186 Å². The molecule has 1 saturated heterocycles. The Balaban J connectivity index is 0.00000784. The molecule has 14 heteroatoms. The minimum absolute atomic E-state index is 0. The van der Waals surface area contributed by atoms with Gasteiger partial charge in [-0.1, -0.05) is 0 Å². The highest BCUT2D eigenvalue weighted by Crippen LogP contribution is 2.28. The summed E-state index contributed by atoms with van der Waals surface area (Å²) in [5.41, 5.74) is -5.88. The molecule has 0 aromatic heterocycles. The number of carbonyl (C=O) groups excluding carboxylic acids is 1. The first kappa shape index (κ1) is 28.0. The van der Waals surface area contributed by atoms with Crippen LogP contribution in [0.2, 0.25) is 0 Å². The molecular formula is C15H29F3IN5O4S. The summed E-state index contributed by atoms with van der Waals surface area (Å²) in [5.74, 6) is 0.406. The highest BCUT2D eigenvalue weighted by atomic mass is 127. The largest absolute Gasteiger partial charge is 0.511 e. The van der Waals surface area contributed by atoms with Crippen LogP contribution in [0.4, 0.5) is 18.0 Å². The van der Waals surface area contributed by atoms with E-state index in [1.165, 1.54) is 7.05 Å². The maximum Gasteiger partial charge on any atom is 0.511 e. The fourth-order valence-electron chi connectivity index (χ4n) is 2.43. The molecule has 0 radical (unpaired) electrons. The summed E-state index contributed by atoms with van der Waals surface area (Å²) in [7, 11) is -3.76. The van der Waals surface area contributed by atoms with E-state index in [1.54, 1.807) is 20.8 Å². The number of aliphatic imine (C=N–C) groups is 1. The third-order valence-corrected chi connectivity index (χ3v) is 5.37. The van der Waals surface area contributed by atoms with Crippen molar-refractivity contribution in [1.82, 2.24) is 20.3 Å². The minimum Gasteiger partial charge on any atom is -0.444 e. The monoisotopic (exact) mass is 559 g/mol. The fraction of sp³-hybridized carbons (Fsp3) is 0.867. The average molecular weight is 559 g/mol. The van der Waals surface area contributed by atoms with Gasteiger partial charge >= 0.3 is 21.6 Å². The van der Waals surface area contributed by atoms with Crippen LogP contribution in [-0.4, -0.2) is 75.2 Å². The molecule has 1 rings (SSSR count). The number of rotatable bonds is 5. The molecule has 0 aromatic carbocycles. The Morgan fingerprint density at radius 2 is 1.66 bits per heavy atom. The Bertz CT molecular complexity index is 660. The van der Waals surface area contributed by atoms with Gasteiger partial charge < -0.3 is 20.7 Å². The van der Waals surface area contributed by atoms with Gasteiger partial charge in [-0.25, -0.2) is 13.2 Å². The molecule has 1 heterocycles. The van der Waals surface area contributed by atoms with Crippen molar-refractivity contribution in [2.24, 2.45) is 4.99 Å². The average Bonchev–Trinajstić information content (AvgIpc) is 2.55. The number of sulfonamides is 1. The number of hydrogen-bond acceptors (Lipinski definition) is 5. The molecule has 0 aliphatic carbocycles. The van der Waals surface area contributed by atoms with Crippen LogP contribution >= 0.6 is 24.0 Å². The molecule has 0 aromatic rings. The topological polar surface area (TPSA) is 112 Å². The Morgan fingerprint density at radius 1 is 1.14 bits per heavy atom. The fourth-order valence-corrected chi connectivity index (χ4v) is 3.42. The van der Waals surface area contributed by atoms with Gasteiger partial charge in [0.1, 0.15) is 5.60 Å². The van der Waals surface area contributed by atoms with Crippen molar-refractivity contribution in [2.45, 2.75) is 50.8 Å². The van der Waals surface area contributed by atoms with E-state index in [9.17, 15) is 26.4 Å². The number of nitrogens with zero attached hydrogens (tertiary/aromatic N) is 2. The molecule has 9 nitrogen and oxygen atoms in total. The van der Waals surface area contributed by atoms with Crippen LogP contribution in [0.5, 0.6) is 0 Å². The van der Waals surface area contributed by atoms with Crippen molar-refractivity contribution in [1.29, 1.82) is 0 Å². The molecule has 3 N–H and O–H groups in total. The highest BCUT2D eigenvalue weighted by molar-refractivity contribution is 14.0. The zero-order valence-corrected chi connectivity index (χ0v) is 19.9. The number of guanidine groups is 1. The van der Waals surface area contributed by atoms with Gasteiger partial charge in [0.2, 0.25) is 0 Å². The van der Waals surface area contributed by atoms with Crippen molar-refractivity contribution in [3.8, 4) is 0 Å². The number of halogens is 4. The standard InChI is InChI=1S/C15H28F3N5O4S.HI/c1-14(2,3)27-13(24)21-8-7-20-12(19-4)22-11-5-9-23(10-6-11)28(25,26)15(16,17)18;/h11H,5-10H2,1-4H3,(H,21,24)(H2,19,20,22);1H. The Hall–Kier alpha value is -1.03. The molecule has 0 unspecified atom stereocenters. The Kier molecular flexibility index (Phi) is 11.0. The summed E-state index contributed by atoms with van der Waals surface area (Å²) in [4.78, 5) is 15.5. The maximum atomic E-state index is 12.6. The molecule has 0 bridgehead atoms. The van der Waals surface area contributed by atoms with Gasteiger partial charge in [-0.3, -0.25) is 4.99 Å². The second-order valence-electron chi connectivity index (χ2n) is 7.20. The lowest BCUT2D eigenvalue weighted by Gasteiger charge is -2.32. The van der Waals surface area contributed by atoms with E-state index in [2.05, 4.69) is 20.9 Å². The van der Waals surface area contributed by atoms with E-state index in [0.29, 0.717) is 16.8 Å². The molecule has 1 aliphatic heterocycles. The van der Waals surface area contributed by atoms with Crippen LogP contribution in [0, 0.1) is 0 Å². The predicted octanol–water partition coefficient (Wildman–Crippen LogP) is 1.61. The number of amides is 1. The van der Waals surface area contributed by atoms with Crippen LogP contribution in [0.15, 0.2) is 4.99 Å². The lowest BCUT2D eigenvalue weighted by Crippen LogP contribution is -2.52. The first-order valence-corrected chi connectivity index (χ1v) is 10.2. The quantitative estimate of drug-likeness (QED) is 0.204. The second-order valence-corrected chi connectivity index (χ2v) is 9.13.